The van der Waals surface area contributed by atoms with E-state index in [0.29, 0.717) is 22.4 Å². The van der Waals surface area contributed by atoms with E-state index in [0.717, 1.165) is 0 Å². The van der Waals surface area contributed by atoms with Gasteiger partial charge in [-0.05, 0) is 17.7 Å². The number of pyridine rings is 1. The summed E-state index contributed by atoms with van der Waals surface area (Å²) in [5.74, 6) is 1.23. The Bertz CT molecular complexity index is 564. The van der Waals surface area contributed by atoms with Crippen molar-refractivity contribution in [3.8, 4) is 5.75 Å². The van der Waals surface area contributed by atoms with Gasteiger partial charge in [0.15, 0.2) is 5.15 Å². The predicted molar refractivity (Wildman–Crippen MR) is 70.9 cm³/mol. The fraction of sp³-hybridized carbons (Fsp3) is 0.182. The average Bonchev–Trinajstić information content (AvgIpc) is 2.38. The van der Waals surface area contributed by atoms with Crippen molar-refractivity contribution in [2.45, 2.75) is 0 Å². The first-order valence-corrected chi connectivity index (χ1v) is 5.79. The minimum atomic E-state index is 0.173. The number of aromatic nitrogens is 3. The van der Waals surface area contributed by atoms with Gasteiger partial charge in [0.05, 0.1) is 19.0 Å². The van der Waals surface area contributed by atoms with E-state index in [1.165, 1.54) is 0 Å². The molecule has 0 spiro atoms. The molecule has 0 aliphatic rings. The molecule has 0 N–H and O–H groups in total. The van der Waals surface area contributed by atoms with Crippen LogP contribution in [-0.4, -0.2) is 29.1 Å². The largest absolute Gasteiger partial charge is 0.495 e. The SMILES string of the molecule is COc1cnc(Cl)c(N(C)c2ccnc(Cl)n2)c1. The molecule has 0 radical (unpaired) electrons. The molecule has 7 heteroatoms. The Labute approximate surface area is 114 Å². The normalized spacial score (nSPS) is 10.2. The van der Waals surface area contributed by atoms with Crippen LogP contribution in [0.25, 0.3) is 0 Å². The number of rotatable bonds is 3. The molecule has 0 unspecified atom stereocenters. The summed E-state index contributed by atoms with van der Waals surface area (Å²) in [5.41, 5.74) is 0.672. The van der Waals surface area contributed by atoms with Crippen LogP contribution >= 0.6 is 23.2 Å². The Morgan fingerprint density at radius 3 is 2.72 bits per heavy atom. The number of anilines is 2. The van der Waals surface area contributed by atoms with Crippen molar-refractivity contribution < 1.29 is 4.74 Å². The zero-order chi connectivity index (χ0) is 13.1. The van der Waals surface area contributed by atoms with Gasteiger partial charge in [0.25, 0.3) is 0 Å². The summed E-state index contributed by atoms with van der Waals surface area (Å²) in [6.45, 7) is 0. The van der Waals surface area contributed by atoms with Gasteiger partial charge in [-0.1, -0.05) is 11.6 Å². The monoisotopic (exact) mass is 284 g/mol. The first-order valence-electron chi connectivity index (χ1n) is 5.03. The lowest BCUT2D eigenvalue weighted by atomic mass is 10.3. The lowest BCUT2D eigenvalue weighted by molar-refractivity contribution is 0.413. The fourth-order valence-electron chi connectivity index (χ4n) is 1.40. The highest BCUT2D eigenvalue weighted by Crippen LogP contribution is 2.31. The van der Waals surface area contributed by atoms with Gasteiger partial charge >= 0.3 is 0 Å². The van der Waals surface area contributed by atoms with Gasteiger partial charge in [-0.25, -0.2) is 15.0 Å². The number of hydrogen-bond donors (Lipinski definition) is 0. The second-order valence-electron chi connectivity index (χ2n) is 3.43. The lowest BCUT2D eigenvalue weighted by Crippen LogP contribution is -2.12. The van der Waals surface area contributed by atoms with Crippen LogP contribution in [0.2, 0.25) is 10.4 Å². The van der Waals surface area contributed by atoms with Crippen molar-refractivity contribution in [2.24, 2.45) is 0 Å². The van der Waals surface area contributed by atoms with Gasteiger partial charge in [0.1, 0.15) is 11.6 Å². The molecule has 5 nitrogen and oxygen atoms in total. The summed E-state index contributed by atoms with van der Waals surface area (Å²) in [4.78, 5) is 13.7. The van der Waals surface area contributed by atoms with Crippen LogP contribution in [0.1, 0.15) is 0 Å². The third-order valence-corrected chi connectivity index (χ3v) is 2.82. The average molecular weight is 285 g/mol. The van der Waals surface area contributed by atoms with Crippen molar-refractivity contribution in [3.05, 3.63) is 35.0 Å². The zero-order valence-electron chi connectivity index (χ0n) is 9.76. The highest BCUT2D eigenvalue weighted by Gasteiger charge is 2.12. The van der Waals surface area contributed by atoms with Crippen molar-refractivity contribution in [2.75, 3.05) is 19.1 Å². The number of hydrogen-bond acceptors (Lipinski definition) is 5. The van der Waals surface area contributed by atoms with Gasteiger partial charge < -0.3 is 9.64 Å². The van der Waals surface area contributed by atoms with Crippen LogP contribution in [0.4, 0.5) is 11.5 Å². The Morgan fingerprint density at radius 2 is 2.06 bits per heavy atom. The zero-order valence-corrected chi connectivity index (χ0v) is 11.3. The maximum absolute atomic E-state index is 6.05. The Hall–Kier alpha value is -1.59. The highest BCUT2D eigenvalue weighted by molar-refractivity contribution is 6.32. The molecular formula is C11H10Cl2N4O. The number of methoxy groups -OCH3 is 1. The summed E-state index contributed by atoms with van der Waals surface area (Å²) in [5, 5.41) is 0.527. The van der Waals surface area contributed by atoms with Gasteiger partial charge in [0, 0.05) is 19.3 Å². The van der Waals surface area contributed by atoms with Crippen molar-refractivity contribution in [3.63, 3.8) is 0 Å². The van der Waals surface area contributed by atoms with Crippen LogP contribution < -0.4 is 9.64 Å². The molecule has 2 aromatic heterocycles. The second kappa shape index (κ2) is 5.37. The Balaban J connectivity index is 2.41. The molecule has 0 saturated heterocycles. The van der Waals surface area contributed by atoms with Crippen molar-refractivity contribution in [1.29, 1.82) is 0 Å². The molecule has 0 fully saturated rings. The summed E-state index contributed by atoms with van der Waals surface area (Å²) in [7, 11) is 3.37. The van der Waals surface area contributed by atoms with E-state index < -0.39 is 0 Å². The molecule has 0 aliphatic heterocycles. The summed E-state index contributed by atoms with van der Waals surface area (Å²) in [6.07, 6.45) is 3.12. The van der Waals surface area contributed by atoms with E-state index in [1.54, 1.807) is 43.6 Å². The number of nitrogens with zero attached hydrogens (tertiary/aromatic N) is 4. The third-order valence-electron chi connectivity index (χ3n) is 2.35. The minimum Gasteiger partial charge on any atom is -0.495 e. The molecule has 94 valence electrons. The number of halogens is 2. The molecule has 0 saturated carbocycles. The minimum absolute atomic E-state index is 0.173. The summed E-state index contributed by atoms with van der Waals surface area (Å²) >= 11 is 11.8. The molecule has 0 aliphatic carbocycles. The van der Waals surface area contributed by atoms with Crippen LogP contribution in [0.5, 0.6) is 5.75 Å². The van der Waals surface area contributed by atoms with Crippen LogP contribution in [0.15, 0.2) is 24.5 Å². The molecule has 2 rings (SSSR count). The predicted octanol–water partition coefficient (Wildman–Crippen LogP) is 2.95. The van der Waals surface area contributed by atoms with Crippen molar-refractivity contribution in [1.82, 2.24) is 15.0 Å². The van der Waals surface area contributed by atoms with Crippen LogP contribution in [0, 0.1) is 0 Å². The molecule has 0 atom stereocenters. The van der Waals surface area contributed by atoms with E-state index in [-0.39, 0.29) is 5.28 Å². The highest BCUT2D eigenvalue weighted by atomic mass is 35.5. The topological polar surface area (TPSA) is 51.1 Å². The molecular weight excluding hydrogens is 275 g/mol. The van der Waals surface area contributed by atoms with E-state index >= 15 is 0 Å². The van der Waals surface area contributed by atoms with Gasteiger partial charge in [0.2, 0.25) is 5.28 Å². The fourth-order valence-corrected chi connectivity index (χ4v) is 1.77. The van der Waals surface area contributed by atoms with E-state index in [2.05, 4.69) is 15.0 Å². The third kappa shape index (κ3) is 2.63. The Kier molecular flexibility index (Phi) is 3.84. The molecule has 0 bridgehead atoms. The molecule has 2 aromatic rings. The summed E-state index contributed by atoms with van der Waals surface area (Å²) in [6, 6.07) is 3.49. The van der Waals surface area contributed by atoms with Gasteiger partial charge in [-0.15, -0.1) is 0 Å². The van der Waals surface area contributed by atoms with E-state index in [9.17, 15) is 0 Å². The summed E-state index contributed by atoms with van der Waals surface area (Å²) < 4.78 is 5.11. The lowest BCUT2D eigenvalue weighted by Gasteiger charge is -2.19. The van der Waals surface area contributed by atoms with Gasteiger partial charge in [-0.2, -0.15) is 0 Å². The molecule has 0 aromatic carbocycles. The molecule has 0 amide bonds. The quantitative estimate of drug-likeness (QED) is 0.641. The van der Waals surface area contributed by atoms with E-state index in [4.69, 9.17) is 27.9 Å². The maximum Gasteiger partial charge on any atom is 0.224 e. The van der Waals surface area contributed by atoms with Crippen LogP contribution in [-0.2, 0) is 0 Å². The Morgan fingerprint density at radius 1 is 1.28 bits per heavy atom. The van der Waals surface area contributed by atoms with E-state index in [1.807, 2.05) is 0 Å². The molecule has 2 heterocycles. The van der Waals surface area contributed by atoms with Crippen LogP contribution in [0.3, 0.4) is 0 Å². The number of ether oxygens (including phenoxy) is 1. The van der Waals surface area contributed by atoms with Crippen molar-refractivity contribution >= 4 is 34.7 Å². The first-order chi connectivity index (χ1) is 8.61. The first kappa shape index (κ1) is 12.9. The van der Waals surface area contributed by atoms with Gasteiger partial charge in [-0.3, -0.25) is 0 Å². The smallest absolute Gasteiger partial charge is 0.224 e. The second-order valence-corrected chi connectivity index (χ2v) is 4.12. The molecule has 18 heavy (non-hydrogen) atoms. The maximum atomic E-state index is 6.05. The standard InChI is InChI=1S/C11H10Cl2N4O/c1-17(9-3-4-14-11(13)16-9)8-5-7(18-2)6-15-10(8)12/h3-6H,1-2H3.